The number of benzene rings is 2. The number of rotatable bonds is 9. The number of carbonyl (C=O) groups is 1. The molecule has 0 atom stereocenters. The molecule has 4 aliphatic carbocycles. The molecule has 2 aromatic carbocycles. The number of aromatic nitrogens is 1. The number of ketones is 1. The van der Waals surface area contributed by atoms with Gasteiger partial charge in [-0.05, 0) is 109 Å². The van der Waals surface area contributed by atoms with Crippen molar-refractivity contribution in [2.45, 2.75) is 105 Å². The van der Waals surface area contributed by atoms with Crippen molar-refractivity contribution >= 4 is 16.6 Å². The Labute approximate surface area is 279 Å². The Balaban J connectivity index is 0.000000239. The molecule has 4 heteroatoms. The number of hydrogen-bond acceptors (Lipinski definition) is 3. The molecule has 1 N–H and O–H groups in total. The van der Waals surface area contributed by atoms with Gasteiger partial charge in [-0.2, -0.15) is 0 Å². The third kappa shape index (κ3) is 7.39. The first-order valence-corrected chi connectivity index (χ1v) is 17.1. The molecule has 239 valence electrons. The van der Waals surface area contributed by atoms with E-state index in [-0.39, 0.29) is 43.5 Å². The Morgan fingerprint density at radius 3 is 2.00 bits per heavy atom. The van der Waals surface area contributed by atoms with Gasteiger partial charge in [-0.15, -0.1) is 34.9 Å². The number of hydrogen-bond donors (Lipinski definition) is 1. The molecule has 0 aliphatic heterocycles. The number of aliphatic hydroxyl groups excluding tert-OH is 1. The second-order valence-electron chi connectivity index (χ2n) is 13.8. The number of aryl methyl sites for hydroxylation is 2. The summed E-state index contributed by atoms with van der Waals surface area (Å²) in [6.45, 7) is 12.4. The van der Waals surface area contributed by atoms with Crippen LogP contribution in [0.15, 0.2) is 54.4 Å². The second-order valence-corrected chi connectivity index (χ2v) is 13.8. The Morgan fingerprint density at radius 1 is 0.886 bits per heavy atom. The van der Waals surface area contributed by atoms with E-state index in [0.29, 0.717) is 0 Å². The number of pyridine rings is 1. The maximum absolute atomic E-state index is 11.7. The van der Waals surface area contributed by atoms with Gasteiger partial charge in [0.15, 0.2) is 5.78 Å². The van der Waals surface area contributed by atoms with E-state index in [4.69, 9.17) is 4.98 Å². The van der Waals surface area contributed by atoms with Crippen molar-refractivity contribution in [1.29, 1.82) is 0 Å². The quantitative estimate of drug-likeness (QED) is 0.134. The van der Waals surface area contributed by atoms with Crippen LogP contribution in [-0.2, 0) is 24.9 Å². The van der Waals surface area contributed by atoms with Crippen molar-refractivity contribution < 1.29 is 30.0 Å². The van der Waals surface area contributed by atoms with E-state index >= 15 is 0 Å². The molecule has 3 nitrogen and oxygen atoms in total. The average molecular weight is 771 g/mol. The smallest absolute Gasteiger partial charge is 0.162 e. The Morgan fingerprint density at radius 2 is 1.45 bits per heavy atom. The molecule has 1 heterocycles. The van der Waals surface area contributed by atoms with Gasteiger partial charge in [-0.25, -0.2) is 0 Å². The Kier molecular flexibility index (Phi) is 12.0. The summed E-state index contributed by atoms with van der Waals surface area (Å²) in [5, 5.41) is 12.5. The van der Waals surface area contributed by atoms with Crippen LogP contribution in [0.4, 0.5) is 0 Å². The minimum absolute atomic E-state index is 0. The van der Waals surface area contributed by atoms with Crippen molar-refractivity contribution in [2.75, 3.05) is 0 Å². The molecule has 1 aromatic heterocycles. The standard InChI is InChI=1S/C27H28N.C13H24O2.Ir/c1-16-7-17(2)9-22(8-16)27-24-6-4-3-5-23(24)25(15-28-27)26-20-11-18-10-19(13-20)14-21(26)12-18;1-5-10(6-2)12(14)9-13(15)11(7-3)8-4;/h3-8,15,18-21,26H,10-14H2,1-2H3;9-11,14H,5-8H2,1-4H3;/q-1;;/b;12-9-;. The molecular weight excluding hydrogens is 719 g/mol. The summed E-state index contributed by atoms with van der Waals surface area (Å²) >= 11 is 0. The van der Waals surface area contributed by atoms with Crippen LogP contribution in [0.25, 0.3) is 22.0 Å². The van der Waals surface area contributed by atoms with Crippen molar-refractivity contribution in [3.63, 3.8) is 0 Å². The van der Waals surface area contributed by atoms with Gasteiger partial charge in [0.05, 0.1) is 5.76 Å². The number of fused-ring (bicyclic) bond motifs is 1. The minimum atomic E-state index is 0. The van der Waals surface area contributed by atoms with Crippen molar-refractivity contribution in [2.24, 2.45) is 35.5 Å². The second kappa shape index (κ2) is 15.3. The summed E-state index contributed by atoms with van der Waals surface area (Å²) in [4.78, 5) is 16.8. The van der Waals surface area contributed by atoms with Gasteiger partial charge in [-0.3, -0.25) is 4.79 Å². The third-order valence-corrected chi connectivity index (χ3v) is 10.9. The van der Waals surface area contributed by atoms with E-state index in [1.807, 2.05) is 27.7 Å². The van der Waals surface area contributed by atoms with Crippen molar-refractivity contribution in [3.05, 3.63) is 77.2 Å². The number of carbonyl (C=O) groups excluding carboxylic acids is 1. The van der Waals surface area contributed by atoms with Crippen LogP contribution in [0.3, 0.4) is 0 Å². The predicted molar refractivity (Wildman–Crippen MR) is 179 cm³/mol. The van der Waals surface area contributed by atoms with E-state index in [0.717, 1.165) is 66.5 Å². The summed E-state index contributed by atoms with van der Waals surface area (Å²) in [6.07, 6.45) is 14.5. The summed E-state index contributed by atoms with van der Waals surface area (Å²) in [7, 11) is 0. The summed E-state index contributed by atoms with van der Waals surface area (Å²) < 4.78 is 0. The van der Waals surface area contributed by atoms with Crippen LogP contribution in [0.1, 0.15) is 108 Å². The first-order valence-electron chi connectivity index (χ1n) is 17.1. The van der Waals surface area contributed by atoms with Crippen LogP contribution in [-0.4, -0.2) is 15.9 Å². The fourth-order valence-electron chi connectivity index (χ4n) is 8.93. The zero-order valence-electron chi connectivity index (χ0n) is 27.7. The van der Waals surface area contributed by atoms with Gasteiger partial charge < -0.3 is 10.1 Å². The largest absolute Gasteiger partial charge is 0.512 e. The molecule has 7 rings (SSSR count). The maximum atomic E-state index is 11.7. The molecule has 4 bridgehead atoms. The van der Waals surface area contributed by atoms with Gasteiger partial charge >= 0.3 is 0 Å². The molecule has 0 spiro atoms. The minimum Gasteiger partial charge on any atom is -0.512 e. The van der Waals surface area contributed by atoms with E-state index in [1.54, 1.807) is 0 Å². The normalized spacial score (nSPS) is 23.9. The fourth-order valence-corrected chi connectivity index (χ4v) is 8.93. The molecule has 0 amide bonds. The molecule has 0 saturated heterocycles. The summed E-state index contributed by atoms with van der Waals surface area (Å²) in [5.41, 5.74) is 6.21. The molecule has 0 unspecified atom stereocenters. The van der Waals surface area contributed by atoms with Crippen molar-refractivity contribution in [1.82, 2.24) is 4.98 Å². The van der Waals surface area contributed by atoms with Gasteiger partial charge in [0.25, 0.3) is 0 Å². The molecule has 44 heavy (non-hydrogen) atoms. The zero-order chi connectivity index (χ0) is 30.7. The van der Waals surface area contributed by atoms with Crippen LogP contribution in [0, 0.1) is 55.4 Å². The van der Waals surface area contributed by atoms with Crippen molar-refractivity contribution in [3.8, 4) is 11.3 Å². The molecule has 4 fully saturated rings. The van der Waals surface area contributed by atoms with Gasteiger partial charge in [-0.1, -0.05) is 65.8 Å². The predicted octanol–water partition coefficient (Wildman–Crippen LogP) is 10.7. The van der Waals surface area contributed by atoms with E-state index in [1.165, 1.54) is 65.6 Å². The molecular formula is C40H52IrNO2-. The molecule has 1 radical (unpaired) electrons. The average Bonchev–Trinajstić information content (AvgIpc) is 2.97. The molecule has 3 aromatic rings. The van der Waals surface area contributed by atoms with Gasteiger partial charge in [0.2, 0.25) is 0 Å². The molecule has 4 saturated carbocycles. The summed E-state index contributed by atoms with van der Waals surface area (Å²) in [6, 6.07) is 16.9. The molecule has 4 aliphatic rings. The Hall–Kier alpha value is -2.29. The van der Waals surface area contributed by atoms with Crippen LogP contribution < -0.4 is 0 Å². The van der Waals surface area contributed by atoms with Crippen LogP contribution in [0.5, 0.6) is 0 Å². The van der Waals surface area contributed by atoms with E-state index in [2.05, 4.69) is 62.5 Å². The van der Waals surface area contributed by atoms with Crippen LogP contribution in [0.2, 0.25) is 0 Å². The number of aliphatic hydroxyl groups is 1. The first kappa shape index (κ1) is 34.6. The Bertz CT molecular complexity index is 1400. The SMILES string of the molecule is CCC(CC)C(=O)/C=C(\O)C(CC)CC.Cc1[c-]c(-c2ncc(C3C4CC5CC(C4)CC3C5)c3ccccc23)cc(C)c1.[Ir]. The number of nitrogens with zero attached hydrogens (tertiary/aromatic N) is 1. The van der Waals surface area contributed by atoms with E-state index in [9.17, 15) is 9.90 Å². The van der Waals surface area contributed by atoms with Gasteiger partial charge in [0.1, 0.15) is 0 Å². The number of allylic oxidation sites excluding steroid dienone is 2. The van der Waals surface area contributed by atoms with E-state index < -0.39 is 0 Å². The van der Waals surface area contributed by atoms with Crippen LogP contribution >= 0.6 is 0 Å². The van der Waals surface area contributed by atoms with Gasteiger partial charge in [0, 0.05) is 44.2 Å². The summed E-state index contributed by atoms with van der Waals surface area (Å²) in [5.74, 6) is 5.08. The zero-order valence-corrected chi connectivity index (χ0v) is 30.1. The monoisotopic (exact) mass is 771 g/mol. The fraction of sp³-hybridized carbons (Fsp3) is 0.550. The maximum Gasteiger partial charge on any atom is 0.162 e. The first-order chi connectivity index (χ1) is 20.8. The topological polar surface area (TPSA) is 50.2 Å². The third-order valence-electron chi connectivity index (χ3n) is 10.9.